The maximum absolute atomic E-state index is 12.8. The Kier molecular flexibility index (Phi) is 7.64. The maximum Gasteiger partial charge on any atom is 0.282 e. The molecule has 0 radical (unpaired) electrons. The van der Waals surface area contributed by atoms with Gasteiger partial charge in [0.1, 0.15) is 0 Å². The van der Waals surface area contributed by atoms with Gasteiger partial charge in [0.15, 0.2) is 0 Å². The van der Waals surface area contributed by atoms with Crippen LogP contribution in [0.3, 0.4) is 0 Å². The molecular formula is C20H32N4O4S. The summed E-state index contributed by atoms with van der Waals surface area (Å²) >= 11 is 0. The van der Waals surface area contributed by atoms with E-state index in [0.29, 0.717) is 58.9 Å². The number of nitrogens with one attached hydrogen (secondary N) is 1. The van der Waals surface area contributed by atoms with Crippen molar-refractivity contribution in [2.75, 3.05) is 59.0 Å². The summed E-state index contributed by atoms with van der Waals surface area (Å²) in [5.41, 5.74) is 2.26. The summed E-state index contributed by atoms with van der Waals surface area (Å²) in [6.07, 6.45) is 0.713. The Morgan fingerprint density at radius 1 is 1.03 bits per heavy atom. The van der Waals surface area contributed by atoms with E-state index in [9.17, 15) is 13.2 Å². The van der Waals surface area contributed by atoms with Crippen LogP contribution in [-0.4, -0.2) is 86.9 Å². The second-order valence-corrected chi connectivity index (χ2v) is 9.68. The molecule has 29 heavy (non-hydrogen) atoms. The number of ether oxygens (including phenoxy) is 1. The molecule has 0 aliphatic carbocycles. The second kappa shape index (κ2) is 9.99. The molecule has 2 aliphatic heterocycles. The Morgan fingerprint density at radius 3 is 2.38 bits per heavy atom. The molecule has 1 aromatic rings. The molecule has 0 spiro atoms. The molecule has 3 rings (SSSR count). The van der Waals surface area contributed by atoms with E-state index in [0.717, 1.165) is 5.56 Å². The first kappa shape index (κ1) is 22.2. The number of rotatable bonds is 6. The fraction of sp³-hybridized carbons (Fsp3) is 0.650. The highest BCUT2D eigenvalue weighted by molar-refractivity contribution is 7.86. The summed E-state index contributed by atoms with van der Waals surface area (Å²) in [6, 6.07) is 8.07. The van der Waals surface area contributed by atoms with Gasteiger partial charge in [0.25, 0.3) is 10.2 Å². The van der Waals surface area contributed by atoms with Gasteiger partial charge >= 0.3 is 0 Å². The topological polar surface area (TPSA) is 82.2 Å². The van der Waals surface area contributed by atoms with Gasteiger partial charge in [-0.05, 0) is 32.4 Å². The number of hydrogen-bond donors (Lipinski definition) is 1. The van der Waals surface area contributed by atoms with Gasteiger partial charge in [0.2, 0.25) is 5.91 Å². The van der Waals surface area contributed by atoms with Crippen LogP contribution < -0.4 is 5.32 Å². The Morgan fingerprint density at radius 2 is 1.69 bits per heavy atom. The lowest BCUT2D eigenvalue weighted by Gasteiger charge is -2.31. The second-order valence-electron chi connectivity index (χ2n) is 7.75. The number of benzene rings is 1. The summed E-state index contributed by atoms with van der Waals surface area (Å²) in [7, 11) is -3.46. The van der Waals surface area contributed by atoms with Crippen LogP contribution >= 0.6 is 0 Å². The van der Waals surface area contributed by atoms with Crippen molar-refractivity contribution in [1.29, 1.82) is 0 Å². The van der Waals surface area contributed by atoms with Gasteiger partial charge in [-0.1, -0.05) is 29.8 Å². The number of aryl methyl sites for hydroxylation is 1. The molecule has 1 atom stereocenters. The molecule has 9 heteroatoms. The number of amides is 1. The molecule has 0 aromatic heterocycles. The van der Waals surface area contributed by atoms with E-state index in [1.807, 2.05) is 43.0 Å². The lowest BCUT2D eigenvalue weighted by Crippen LogP contribution is -2.49. The quantitative estimate of drug-likeness (QED) is 0.729. The SMILES string of the molecule is Cc1ccc(C(C)NC(=O)CN2CCCN(S(=O)(=O)N3CCOCC3)CC2)cc1. The van der Waals surface area contributed by atoms with Crippen molar-refractivity contribution >= 4 is 16.1 Å². The summed E-state index contributed by atoms with van der Waals surface area (Å²) in [5.74, 6) is -0.0393. The Labute approximate surface area is 174 Å². The van der Waals surface area contributed by atoms with E-state index in [1.165, 1.54) is 9.87 Å². The zero-order valence-corrected chi connectivity index (χ0v) is 18.2. The van der Waals surface area contributed by atoms with Crippen LogP contribution in [0.25, 0.3) is 0 Å². The van der Waals surface area contributed by atoms with E-state index in [2.05, 4.69) is 5.32 Å². The van der Waals surface area contributed by atoms with Gasteiger partial charge < -0.3 is 10.1 Å². The number of carbonyl (C=O) groups excluding carboxylic acids is 1. The van der Waals surface area contributed by atoms with Gasteiger partial charge in [-0.3, -0.25) is 9.69 Å². The van der Waals surface area contributed by atoms with Crippen LogP contribution in [0.1, 0.15) is 30.5 Å². The molecule has 2 saturated heterocycles. The minimum absolute atomic E-state index is 0.0393. The van der Waals surface area contributed by atoms with Crippen LogP contribution in [0.5, 0.6) is 0 Å². The molecule has 0 bridgehead atoms. The van der Waals surface area contributed by atoms with Crippen LogP contribution in [0.15, 0.2) is 24.3 Å². The summed E-state index contributed by atoms with van der Waals surface area (Å²) in [4.78, 5) is 14.5. The van der Waals surface area contributed by atoms with E-state index in [1.54, 1.807) is 4.31 Å². The van der Waals surface area contributed by atoms with Crippen molar-refractivity contribution in [1.82, 2.24) is 18.8 Å². The van der Waals surface area contributed by atoms with E-state index >= 15 is 0 Å². The zero-order valence-electron chi connectivity index (χ0n) is 17.3. The van der Waals surface area contributed by atoms with Crippen molar-refractivity contribution in [3.8, 4) is 0 Å². The fourth-order valence-electron chi connectivity index (χ4n) is 3.71. The van der Waals surface area contributed by atoms with Crippen LogP contribution in [0.4, 0.5) is 0 Å². The summed E-state index contributed by atoms with van der Waals surface area (Å²) in [5, 5.41) is 3.04. The van der Waals surface area contributed by atoms with Gasteiger partial charge in [0.05, 0.1) is 25.8 Å². The molecular weight excluding hydrogens is 392 g/mol. The largest absolute Gasteiger partial charge is 0.379 e. The number of morpholine rings is 1. The first-order chi connectivity index (χ1) is 13.9. The highest BCUT2D eigenvalue weighted by Gasteiger charge is 2.32. The molecule has 2 heterocycles. The van der Waals surface area contributed by atoms with Crippen molar-refractivity contribution in [2.24, 2.45) is 0 Å². The van der Waals surface area contributed by atoms with Crippen molar-refractivity contribution in [3.63, 3.8) is 0 Å². The minimum atomic E-state index is -3.46. The molecule has 2 aliphatic rings. The van der Waals surface area contributed by atoms with Gasteiger partial charge in [-0.25, -0.2) is 0 Å². The van der Waals surface area contributed by atoms with Crippen molar-refractivity contribution < 1.29 is 17.9 Å². The Bertz CT molecular complexity index is 778. The molecule has 1 unspecified atom stereocenters. The van der Waals surface area contributed by atoms with Crippen molar-refractivity contribution in [2.45, 2.75) is 26.3 Å². The van der Waals surface area contributed by atoms with E-state index in [4.69, 9.17) is 4.74 Å². The molecule has 1 aromatic carbocycles. The lowest BCUT2D eigenvalue weighted by molar-refractivity contribution is -0.122. The molecule has 0 saturated carbocycles. The Hall–Kier alpha value is -1.52. The molecule has 162 valence electrons. The van der Waals surface area contributed by atoms with E-state index in [-0.39, 0.29) is 18.5 Å². The monoisotopic (exact) mass is 424 g/mol. The standard InChI is InChI=1S/C20H32N4O4S/c1-17-4-6-19(7-5-17)18(2)21-20(25)16-22-8-3-9-23(11-10-22)29(26,27)24-12-14-28-15-13-24/h4-7,18H,3,8-16H2,1-2H3,(H,21,25). The smallest absolute Gasteiger partial charge is 0.282 e. The number of nitrogens with zero attached hydrogens (tertiary/aromatic N) is 3. The third kappa shape index (κ3) is 5.99. The highest BCUT2D eigenvalue weighted by Crippen LogP contribution is 2.15. The molecule has 1 N–H and O–H groups in total. The van der Waals surface area contributed by atoms with E-state index < -0.39 is 10.2 Å². The van der Waals surface area contributed by atoms with Crippen LogP contribution in [0.2, 0.25) is 0 Å². The number of hydrogen-bond acceptors (Lipinski definition) is 5. The molecule has 2 fully saturated rings. The lowest BCUT2D eigenvalue weighted by atomic mass is 10.1. The third-order valence-corrected chi connectivity index (χ3v) is 7.53. The highest BCUT2D eigenvalue weighted by atomic mass is 32.2. The molecule has 1 amide bonds. The number of carbonyl (C=O) groups is 1. The van der Waals surface area contributed by atoms with Crippen LogP contribution in [0, 0.1) is 6.92 Å². The van der Waals surface area contributed by atoms with Gasteiger partial charge in [0, 0.05) is 32.7 Å². The predicted octanol–water partition coefficient (Wildman–Crippen LogP) is 0.757. The average Bonchev–Trinajstić information content (AvgIpc) is 2.95. The molecule has 8 nitrogen and oxygen atoms in total. The zero-order chi connectivity index (χ0) is 20.9. The first-order valence-corrected chi connectivity index (χ1v) is 11.7. The fourth-order valence-corrected chi connectivity index (χ4v) is 5.31. The Balaban J connectivity index is 1.50. The van der Waals surface area contributed by atoms with Gasteiger partial charge in [-0.15, -0.1) is 0 Å². The van der Waals surface area contributed by atoms with Gasteiger partial charge in [-0.2, -0.15) is 17.0 Å². The summed E-state index contributed by atoms with van der Waals surface area (Å²) < 4.78 is 34.0. The predicted molar refractivity (Wildman–Crippen MR) is 112 cm³/mol. The maximum atomic E-state index is 12.8. The third-order valence-electron chi connectivity index (χ3n) is 5.49. The average molecular weight is 425 g/mol. The first-order valence-electron chi connectivity index (χ1n) is 10.3. The van der Waals surface area contributed by atoms with Crippen molar-refractivity contribution in [3.05, 3.63) is 35.4 Å². The minimum Gasteiger partial charge on any atom is -0.379 e. The summed E-state index contributed by atoms with van der Waals surface area (Å²) in [6.45, 7) is 8.13. The normalized spacial score (nSPS) is 21.4. The van der Waals surface area contributed by atoms with Crippen LogP contribution in [-0.2, 0) is 19.7 Å².